The number of anilines is 4. The van der Waals surface area contributed by atoms with Crippen molar-refractivity contribution in [3.8, 4) is 44.5 Å². The zero-order valence-electron chi connectivity index (χ0n) is 28.6. The van der Waals surface area contributed by atoms with Gasteiger partial charge in [-0.3, -0.25) is 0 Å². The average Bonchev–Trinajstić information content (AvgIpc) is 3.22. The van der Waals surface area contributed by atoms with Crippen LogP contribution in [0.4, 0.5) is 22.7 Å². The van der Waals surface area contributed by atoms with Gasteiger partial charge in [0.05, 0.1) is 0 Å². The lowest BCUT2D eigenvalue weighted by Gasteiger charge is -2.18. The largest absolute Gasteiger partial charge is 0.355 e. The van der Waals surface area contributed by atoms with Gasteiger partial charge in [0.15, 0.2) is 0 Å². The van der Waals surface area contributed by atoms with E-state index < -0.39 is 0 Å². The molecule has 0 radical (unpaired) electrons. The summed E-state index contributed by atoms with van der Waals surface area (Å²) >= 11 is 0. The van der Waals surface area contributed by atoms with Crippen molar-refractivity contribution in [1.82, 2.24) is 0 Å². The van der Waals surface area contributed by atoms with Crippen molar-refractivity contribution in [2.24, 2.45) is 0 Å². The first-order chi connectivity index (χ1) is 25.8. The molecule has 0 heterocycles. The van der Waals surface area contributed by atoms with E-state index in [2.05, 4.69) is 217 Å². The predicted molar refractivity (Wildman–Crippen MR) is 223 cm³/mol. The smallest absolute Gasteiger partial charge is 0.0463 e. The van der Waals surface area contributed by atoms with Crippen molar-refractivity contribution in [3.05, 3.63) is 206 Å². The van der Waals surface area contributed by atoms with E-state index in [4.69, 9.17) is 0 Å². The zero-order valence-corrected chi connectivity index (χ0v) is 28.6. The van der Waals surface area contributed by atoms with Crippen LogP contribution in [0, 0.1) is 0 Å². The van der Waals surface area contributed by atoms with Gasteiger partial charge in [-0.25, -0.2) is 0 Å². The minimum atomic E-state index is 1.05. The summed E-state index contributed by atoms with van der Waals surface area (Å²) in [6.45, 7) is 0. The molecule has 0 saturated carbocycles. The Bertz CT molecular complexity index is 2400. The fourth-order valence-corrected chi connectivity index (χ4v) is 7.43. The van der Waals surface area contributed by atoms with Crippen LogP contribution in [0.2, 0.25) is 0 Å². The Labute approximate surface area is 304 Å². The number of benzene rings is 9. The Hall–Kier alpha value is -6.90. The third kappa shape index (κ3) is 5.97. The molecule has 0 atom stereocenters. The fraction of sp³-hybridized carbons (Fsp3) is 0. The molecule has 9 aromatic carbocycles. The monoisotopic (exact) mass is 664 g/mol. The quantitative estimate of drug-likeness (QED) is 0.158. The molecule has 0 unspecified atom stereocenters. The highest BCUT2D eigenvalue weighted by molar-refractivity contribution is 6.21. The maximum atomic E-state index is 3.68. The van der Waals surface area contributed by atoms with Crippen molar-refractivity contribution in [2.75, 3.05) is 10.6 Å². The number of hydrogen-bond acceptors (Lipinski definition) is 2. The summed E-state index contributed by atoms with van der Waals surface area (Å²) in [5, 5.41) is 12.3. The van der Waals surface area contributed by atoms with Gasteiger partial charge in [0.25, 0.3) is 0 Å². The van der Waals surface area contributed by atoms with E-state index in [0.717, 1.165) is 22.7 Å². The minimum Gasteiger partial charge on any atom is -0.355 e. The highest BCUT2D eigenvalue weighted by atomic mass is 14.9. The van der Waals surface area contributed by atoms with Crippen LogP contribution < -0.4 is 10.6 Å². The summed E-state index contributed by atoms with van der Waals surface area (Å²) in [6.07, 6.45) is 0. The van der Waals surface area contributed by atoms with Crippen LogP contribution >= 0.6 is 0 Å². The molecule has 2 N–H and O–H groups in total. The lowest BCUT2D eigenvalue weighted by molar-refractivity contribution is 1.53. The first-order valence-electron chi connectivity index (χ1n) is 17.8. The molecular weight excluding hydrogens is 629 g/mol. The standard InChI is InChI=1S/C50H36N2/c1-3-15-35(16-4-1)41-19-11-13-25-47(41)51-39-31-27-37(28-32-39)49-43-21-7-9-23-45(43)50(46-24-10-8-22-44(46)49)38-29-33-40(34-30-38)52-48-26-14-12-20-42(48)36-17-5-2-6-18-36/h1-34,51-52H. The van der Waals surface area contributed by atoms with E-state index >= 15 is 0 Å². The van der Waals surface area contributed by atoms with Crippen molar-refractivity contribution in [1.29, 1.82) is 0 Å². The molecule has 0 aliphatic heterocycles. The Morgan fingerprint density at radius 2 is 0.538 bits per heavy atom. The molecule has 0 fully saturated rings. The van der Waals surface area contributed by atoms with Crippen LogP contribution in [0.1, 0.15) is 0 Å². The summed E-state index contributed by atoms with van der Waals surface area (Å²) in [6, 6.07) is 73.4. The maximum absolute atomic E-state index is 3.68. The molecule has 0 spiro atoms. The van der Waals surface area contributed by atoms with E-state index in [0.29, 0.717) is 0 Å². The third-order valence-corrected chi connectivity index (χ3v) is 9.86. The van der Waals surface area contributed by atoms with Crippen LogP contribution in [-0.4, -0.2) is 0 Å². The molecule has 246 valence electrons. The minimum absolute atomic E-state index is 1.05. The van der Waals surface area contributed by atoms with Crippen LogP contribution in [0.5, 0.6) is 0 Å². The number of hydrogen-bond donors (Lipinski definition) is 2. The van der Waals surface area contributed by atoms with Gasteiger partial charge >= 0.3 is 0 Å². The molecule has 0 bridgehead atoms. The third-order valence-electron chi connectivity index (χ3n) is 9.86. The zero-order chi connectivity index (χ0) is 34.7. The van der Waals surface area contributed by atoms with Crippen LogP contribution in [0.3, 0.4) is 0 Å². The predicted octanol–water partition coefficient (Wildman–Crippen LogP) is 14.1. The lowest BCUT2D eigenvalue weighted by atomic mass is 9.86. The summed E-state index contributed by atoms with van der Waals surface area (Å²) in [5.74, 6) is 0. The van der Waals surface area contributed by atoms with E-state index in [-0.39, 0.29) is 0 Å². The Morgan fingerprint density at radius 1 is 0.231 bits per heavy atom. The molecule has 2 nitrogen and oxygen atoms in total. The van der Waals surface area contributed by atoms with Crippen molar-refractivity contribution in [2.45, 2.75) is 0 Å². The second kappa shape index (κ2) is 13.8. The van der Waals surface area contributed by atoms with Gasteiger partial charge in [0.2, 0.25) is 0 Å². The van der Waals surface area contributed by atoms with Crippen molar-refractivity contribution >= 4 is 44.3 Å². The Kier molecular flexibility index (Phi) is 8.24. The highest BCUT2D eigenvalue weighted by Gasteiger charge is 2.17. The molecule has 9 rings (SSSR count). The van der Waals surface area contributed by atoms with Gasteiger partial charge in [-0.05, 0) is 91.3 Å². The summed E-state index contributed by atoms with van der Waals surface area (Å²) in [4.78, 5) is 0. The molecular formula is C50H36N2. The average molecular weight is 665 g/mol. The maximum Gasteiger partial charge on any atom is 0.0463 e. The van der Waals surface area contributed by atoms with Crippen molar-refractivity contribution < 1.29 is 0 Å². The first-order valence-corrected chi connectivity index (χ1v) is 17.8. The van der Waals surface area contributed by atoms with Crippen LogP contribution in [0.15, 0.2) is 206 Å². The van der Waals surface area contributed by atoms with Gasteiger partial charge in [0.1, 0.15) is 0 Å². The van der Waals surface area contributed by atoms with Gasteiger partial charge in [0, 0.05) is 33.9 Å². The SMILES string of the molecule is c1ccc(-c2ccccc2Nc2ccc(-c3c4ccccc4c(-c4ccc(Nc5ccccc5-c5ccccc5)cc4)c4ccccc34)cc2)cc1. The van der Waals surface area contributed by atoms with Gasteiger partial charge < -0.3 is 10.6 Å². The lowest BCUT2D eigenvalue weighted by Crippen LogP contribution is -1.95. The number of para-hydroxylation sites is 2. The second-order valence-electron chi connectivity index (χ2n) is 13.1. The molecule has 0 amide bonds. The first kappa shape index (κ1) is 31.1. The molecule has 0 aliphatic carbocycles. The fourth-order valence-electron chi connectivity index (χ4n) is 7.43. The molecule has 0 aliphatic rings. The van der Waals surface area contributed by atoms with Gasteiger partial charge in [-0.2, -0.15) is 0 Å². The number of fused-ring (bicyclic) bond motifs is 2. The van der Waals surface area contributed by atoms with E-state index in [9.17, 15) is 0 Å². The van der Waals surface area contributed by atoms with E-state index in [1.165, 1.54) is 66.1 Å². The molecule has 9 aromatic rings. The van der Waals surface area contributed by atoms with E-state index in [1.807, 2.05) is 0 Å². The Morgan fingerprint density at radius 3 is 0.904 bits per heavy atom. The molecule has 0 saturated heterocycles. The summed E-state index contributed by atoms with van der Waals surface area (Å²) < 4.78 is 0. The van der Waals surface area contributed by atoms with E-state index in [1.54, 1.807) is 0 Å². The summed E-state index contributed by atoms with van der Waals surface area (Å²) in [7, 11) is 0. The highest BCUT2D eigenvalue weighted by Crippen LogP contribution is 2.44. The number of rotatable bonds is 8. The topological polar surface area (TPSA) is 24.1 Å². The normalized spacial score (nSPS) is 11.1. The van der Waals surface area contributed by atoms with Gasteiger partial charge in [-0.15, -0.1) is 0 Å². The van der Waals surface area contributed by atoms with Gasteiger partial charge in [-0.1, -0.05) is 170 Å². The molecule has 0 aromatic heterocycles. The summed E-state index contributed by atoms with van der Waals surface area (Å²) in [5.41, 5.74) is 13.9. The molecule has 52 heavy (non-hydrogen) atoms. The molecule has 2 heteroatoms. The van der Waals surface area contributed by atoms with Crippen molar-refractivity contribution in [3.63, 3.8) is 0 Å². The Balaban J connectivity index is 1.07. The van der Waals surface area contributed by atoms with Crippen LogP contribution in [-0.2, 0) is 0 Å². The number of nitrogens with one attached hydrogen (secondary N) is 2. The van der Waals surface area contributed by atoms with Crippen LogP contribution in [0.25, 0.3) is 66.1 Å². The second-order valence-corrected chi connectivity index (χ2v) is 13.1.